The molecule has 3 aromatic carbocycles. The molecule has 0 radical (unpaired) electrons. The Kier molecular flexibility index (Phi) is 4.90. The number of hydrogen-bond donors (Lipinski definition) is 1. The highest BCUT2D eigenvalue weighted by Crippen LogP contribution is 2.62. The molecule has 8 fully saturated rings. The van der Waals surface area contributed by atoms with Gasteiger partial charge in [0.1, 0.15) is 0 Å². The van der Waals surface area contributed by atoms with E-state index in [0.717, 1.165) is 41.2 Å². The Balaban J connectivity index is 0.993. The molecule has 1 nitrogen and oxygen atoms in total. The van der Waals surface area contributed by atoms with Gasteiger partial charge in [-0.3, -0.25) is 0 Å². The van der Waals surface area contributed by atoms with Crippen LogP contribution in [0.3, 0.4) is 0 Å². The van der Waals surface area contributed by atoms with Gasteiger partial charge in [-0.2, -0.15) is 0 Å². The van der Waals surface area contributed by atoms with E-state index < -0.39 is 0 Å². The van der Waals surface area contributed by atoms with Crippen LogP contribution in [0.4, 0.5) is 5.69 Å². The molecule has 11 rings (SSSR count). The van der Waals surface area contributed by atoms with Crippen LogP contribution in [0.2, 0.25) is 0 Å². The fourth-order valence-corrected chi connectivity index (χ4v) is 11.9. The van der Waals surface area contributed by atoms with Crippen molar-refractivity contribution < 1.29 is 0 Å². The summed E-state index contributed by atoms with van der Waals surface area (Å²) in [5.41, 5.74) is 16.6. The van der Waals surface area contributed by atoms with E-state index in [1.807, 2.05) is 0 Å². The number of rotatable bonds is 4. The van der Waals surface area contributed by atoms with Gasteiger partial charge < -0.3 is 5.73 Å². The van der Waals surface area contributed by atoms with Gasteiger partial charge in [0.05, 0.1) is 0 Å². The first kappa shape index (κ1) is 23.2. The lowest BCUT2D eigenvalue weighted by molar-refractivity contribution is -0.00530. The minimum absolute atomic E-state index is 0.465. The zero-order chi connectivity index (χ0) is 25.8. The SMILES string of the molecule is Nc1cc(-c2ccc(C34CC5CC(CC(C5)C3)C4)cc2)cc(-c2ccc(C34CC5CC(CC(C5)C3)C4)cc2)c1. The minimum Gasteiger partial charge on any atom is -0.399 e. The molecule has 0 unspecified atom stereocenters. The smallest absolute Gasteiger partial charge is 0.0326 e. The highest BCUT2D eigenvalue weighted by Gasteiger charge is 2.52. The summed E-state index contributed by atoms with van der Waals surface area (Å²) >= 11 is 0. The average Bonchev–Trinajstić information content (AvgIpc) is 2.91. The van der Waals surface area contributed by atoms with Crippen LogP contribution in [0.25, 0.3) is 22.3 Å². The Morgan fingerprint density at radius 1 is 0.410 bits per heavy atom. The Morgan fingerprint density at radius 3 is 1.03 bits per heavy atom. The van der Waals surface area contributed by atoms with Crippen molar-refractivity contribution in [2.75, 3.05) is 5.73 Å². The van der Waals surface area contributed by atoms with Gasteiger partial charge in [0.2, 0.25) is 0 Å². The highest BCUT2D eigenvalue weighted by molar-refractivity contribution is 5.77. The Hall–Kier alpha value is -2.54. The molecular weight excluding hydrogens is 470 g/mol. The second-order valence-electron chi connectivity index (χ2n) is 15.4. The third-order valence-electron chi connectivity index (χ3n) is 12.7. The summed E-state index contributed by atoms with van der Waals surface area (Å²) in [6.45, 7) is 0. The maximum absolute atomic E-state index is 6.50. The van der Waals surface area contributed by atoms with Crippen molar-refractivity contribution >= 4 is 5.69 Å². The first-order valence-corrected chi connectivity index (χ1v) is 16.1. The summed E-state index contributed by atoms with van der Waals surface area (Å²) in [5, 5.41) is 0. The van der Waals surface area contributed by atoms with Gasteiger partial charge in [0.15, 0.2) is 0 Å². The molecule has 8 aliphatic rings. The lowest BCUT2D eigenvalue weighted by Crippen LogP contribution is -2.48. The third-order valence-corrected chi connectivity index (χ3v) is 12.7. The molecule has 0 aromatic heterocycles. The van der Waals surface area contributed by atoms with E-state index in [2.05, 4.69) is 66.7 Å². The Morgan fingerprint density at radius 2 is 0.718 bits per heavy atom. The summed E-state index contributed by atoms with van der Waals surface area (Å²) < 4.78 is 0. The Bertz CT molecular complexity index is 1230. The fraction of sp³-hybridized carbons (Fsp3) is 0.526. The molecule has 2 N–H and O–H groups in total. The molecule has 8 aliphatic carbocycles. The maximum Gasteiger partial charge on any atom is 0.0326 e. The normalized spacial score (nSPS) is 39.4. The second kappa shape index (κ2) is 8.25. The lowest BCUT2D eigenvalue weighted by atomic mass is 9.48. The molecule has 39 heavy (non-hydrogen) atoms. The highest BCUT2D eigenvalue weighted by atomic mass is 14.6. The standard InChI is InChI=1S/C38H43N/c39-36-16-32(30-1-5-34(6-2-30)37-18-24-9-25(19-37)11-26(10-24)20-37)15-33(17-36)31-3-7-35(8-4-31)38-21-27-12-28(22-38)14-29(13-27)23-38/h1-8,15-17,24-29H,9-14,18-23,39H2. The van der Waals surface area contributed by atoms with Crippen molar-refractivity contribution in [1.82, 2.24) is 0 Å². The molecule has 200 valence electrons. The summed E-state index contributed by atoms with van der Waals surface area (Å²) in [7, 11) is 0. The first-order chi connectivity index (χ1) is 19.0. The van der Waals surface area contributed by atoms with Gasteiger partial charge in [0, 0.05) is 5.69 Å². The summed E-state index contributed by atoms with van der Waals surface area (Å²) in [6.07, 6.45) is 17.6. The predicted molar refractivity (Wildman–Crippen MR) is 161 cm³/mol. The molecule has 8 bridgehead atoms. The number of nitrogen functional groups attached to an aromatic ring is 1. The number of benzene rings is 3. The molecule has 8 saturated carbocycles. The lowest BCUT2D eigenvalue weighted by Gasteiger charge is -2.57. The van der Waals surface area contributed by atoms with Gasteiger partial charge in [0.25, 0.3) is 0 Å². The van der Waals surface area contributed by atoms with Crippen molar-refractivity contribution in [2.45, 2.75) is 87.9 Å². The van der Waals surface area contributed by atoms with Crippen LogP contribution in [0, 0.1) is 35.5 Å². The maximum atomic E-state index is 6.50. The zero-order valence-electron chi connectivity index (χ0n) is 23.4. The van der Waals surface area contributed by atoms with Crippen LogP contribution in [-0.2, 0) is 10.8 Å². The van der Waals surface area contributed by atoms with E-state index in [1.54, 1.807) is 11.1 Å². The fourth-order valence-electron chi connectivity index (χ4n) is 11.9. The van der Waals surface area contributed by atoms with E-state index in [9.17, 15) is 0 Å². The summed E-state index contributed by atoms with van der Waals surface area (Å²) in [6, 6.07) is 26.0. The van der Waals surface area contributed by atoms with Crippen molar-refractivity contribution in [2.24, 2.45) is 35.5 Å². The van der Waals surface area contributed by atoms with Gasteiger partial charge in [-0.05, 0) is 175 Å². The van der Waals surface area contributed by atoms with E-state index in [4.69, 9.17) is 5.73 Å². The van der Waals surface area contributed by atoms with Gasteiger partial charge in [-0.25, -0.2) is 0 Å². The molecule has 0 aliphatic heterocycles. The molecule has 3 aromatic rings. The molecule has 0 spiro atoms. The topological polar surface area (TPSA) is 26.0 Å². The monoisotopic (exact) mass is 513 g/mol. The van der Waals surface area contributed by atoms with Crippen molar-refractivity contribution in [3.63, 3.8) is 0 Å². The second-order valence-corrected chi connectivity index (χ2v) is 15.4. The molecule has 0 atom stereocenters. The van der Waals surface area contributed by atoms with Crippen molar-refractivity contribution in [1.29, 1.82) is 0 Å². The molecular formula is C38H43N. The molecule has 0 heterocycles. The van der Waals surface area contributed by atoms with E-state index in [-0.39, 0.29) is 0 Å². The van der Waals surface area contributed by atoms with Crippen LogP contribution in [-0.4, -0.2) is 0 Å². The molecule has 1 heteroatoms. The van der Waals surface area contributed by atoms with Crippen molar-refractivity contribution in [3.8, 4) is 22.3 Å². The van der Waals surface area contributed by atoms with Crippen LogP contribution in [0.15, 0.2) is 66.7 Å². The van der Waals surface area contributed by atoms with Crippen LogP contribution >= 0.6 is 0 Å². The largest absolute Gasteiger partial charge is 0.399 e. The number of hydrogen-bond acceptors (Lipinski definition) is 1. The molecule has 0 amide bonds. The van der Waals surface area contributed by atoms with Crippen LogP contribution in [0.5, 0.6) is 0 Å². The van der Waals surface area contributed by atoms with Crippen LogP contribution in [0.1, 0.15) is 88.2 Å². The van der Waals surface area contributed by atoms with E-state index >= 15 is 0 Å². The van der Waals surface area contributed by atoms with Gasteiger partial charge >= 0.3 is 0 Å². The minimum atomic E-state index is 0.465. The van der Waals surface area contributed by atoms with Crippen molar-refractivity contribution in [3.05, 3.63) is 77.9 Å². The third kappa shape index (κ3) is 3.71. The van der Waals surface area contributed by atoms with Gasteiger partial charge in [-0.15, -0.1) is 0 Å². The summed E-state index contributed by atoms with van der Waals surface area (Å²) in [4.78, 5) is 0. The Labute approximate surface area is 234 Å². The van der Waals surface area contributed by atoms with E-state index in [1.165, 1.54) is 99.3 Å². The predicted octanol–water partition coefficient (Wildman–Crippen LogP) is 9.54. The zero-order valence-corrected chi connectivity index (χ0v) is 23.4. The average molecular weight is 514 g/mol. The summed E-state index contributed by atoms with van der Waals surface area (Å²) in [5.74, 6) is 5.93. The number of anilines is 1. The first-order valence-electron chi connectivity index (χ1n) is 16.1. The van der Waals surface area contributed by atoms with E-state index in [0.29, 0.717) is 10.8 Å². The van der Waals surface area contributed by atoms with Crippen LogP contribution < -0.4 is 5.73 Å². The van der Waals surface area contributed by atoms with Gasteiger partial charge in [-0.1, -0.05) is 48.5 Å². The quantitative estimate of drug-likeness (QED) is 0.345. The molecule has 0 saturated heterocycles. The number of nitrogens with two attached hydrogens (primary N) is 1.